The highest BCUT2D eigenvalue weighted by Gasteiger charge is 2.29. The maximum Gasteiger partial charge on any atom is 0.355 e. The minimum absolute atomic E-state index is 0.0166. The van der Waals surface area contributed by atoms with Crippen molar-refractivity contribution in [2.75, 3.05) is 7.05 Å². The first-order chi connectivity index (χ1) is 17.7. The third-order valence-corrected chi connectivity index (χ3v) is 8.93. The average Bonchev–Trinajstić information content (AvgIpc) is 3.42. The van der Waals surface area contributed by atoms with E-state index >= 15 is 0 Å². The Morgan fingerprint density at radius 2 is 1.97 bits per heavy atom. The van der Waals surface area contributed by atoms with E-state index in [0.717, 1.165) is 29.7 Å². The van der Waals surface area contributed by atoms with Crippen LogP contribution in [0.4, 0.5) is 4.39 Å². The van der Waals surface area contributed by atoms with Gasteiger partial charge >= 0.3 is 5.97 Å². The van der Waals surface area contributed by atoms with E-state index in [-0.39, 0.29) is 21.4 Å². The van der Waals surface area contributed by atoms with Crippen LogP contribution in [0.2, 0.25) is 5.02 Å². The highest BCUT2D eigenvalue weighted by Crippen LogP contribution is 2.38. The molecule has 2 heterocycles. The van der Waals surface area contributed by atoms with Gasteiger partial charge in [0.05, 0.1) is 16.4 Å². The Bertz CT molecular complexity index is 1600. The molecule has 5 rings (SSSR count). The summed E-state index contributed by atoms with van der Waals surface area (Å²) in [6.07, 6.45) is 3.26. The van der Waals surface area contributed by atoms with Crippen molar-refractivity contribution in [2.24, 2.45) is 5.92 Å². The molecule has 1 aliphatic carbocycles. The molecule has 1 aliphatic rings. The lowest BCUT2D eigenvalue weighted by Crippen LogP contribution is -2.19. The minimum Gasteiger partial charge on any atom is -0.476 e. The summed E-state index contributed by atoms with van der Waals surface area (Å²) in [4.78, 5) is 15.7. The Hall–Kier alpha value is -3.12. The molecule has 2 aromatic heterocycles. The summed E-state index contributed by atoms with van der Waals surface area (Å²) in [6, 6.07) is 10.8. The Morgan fingerprint density at radius 3 is 2.57 bits per heavy atom. The molecule has 0 amide bonds. The van der Waals surface area contributed by atoms with E-state index in [4.69, 9.17) is 16.7 Å². The van der Waals surface area contributed by atoms with Crippen molar-refractivity contribution in [1.82, 2.24) is 19.5 Å². The second-order valence-corrected chi connectivity index (χ2v) is 11.9. The van der Waals surface area contributed by atoms with Gasteiger partial charge in [0, 0.05) is 22.9 Å². The lowest BCUT2D eigenvalue weighted by atomic mass is 9.97. The number of hydrogen-bond acceptors (Lipinski definition) is 6. The topological polar surface area (TPSA) is 114 Å². The van der Waals surface area contributed by atoms with Crippen LogP contribution in [0, 0.1) is 11.7 Å². The minimum atomic E-state index is -3.71. The van der Waals surface area contributed by atoms with Crippen LogP contribution in [0.5, 0.6) is 0 Å². The number of halogens is 2. The molecule has 0 spiro atoms. The molecule has 1 saturated carbocycles. The molecule has 0 aliphatic heterocycles. The molecule has 0 atom stereocenters. The van der Waals surface area contributed by atoms with Gasteiger partial charge in [-0.3, -0.25) is 0 Å². The largest absolute Gasteiger partial charge is 0.476 e. The summed E-state index contributed by atoms with van der Waals surface area (Å²) in [5.41, 5.74) is 3.77. The van der Waals surface area contributed by atoms with Crippen LogP contribution in [0.25, 0.3) is 16.4 Å². The molecule has 8 nitrogen and oxygen atoms in total. The van der Waals surface area contributed by atoms with Gasteiger partial charge in [0.15, 0.2) is 5.69 Å². The predicted molar refractivity (Wildman–Crippen MR) is 139 cm³/mol. The van der Waals surface area contributed by atoms with Gasteiger partial charge < -0.3 is 5.11 Å². The molecule has 0 unspecified atom stereocenters. The fourth-order valence-electron chi connectivity index (χ4n) is 4.12. The summed E-state index contributed by atoms with van der Waals surface area (Å²) < 4.78 is 42.2. The Labute approximate surface area is 221 Å². The van der Waals surface area contributed by atoms with Crippen molar-refractivity contribution >= 4 is 38.9 Å². The Kier molecular flexibility index (Phi) is 6.88. The van der Waals surface area contributed by atoms with Crippen LogP contribution >= 0.6 is 22.9 Å². The first-order valence-corrected chi connectivity index (χ1v) is 14.2. The maximum absolute atomic E-state index is 13.7. The number of carbonyl (C=O) groups is 1. The van der Waals surface area contributed by atoms with Crippen LogP contribution in [0.15, 0.2) is 52.7 Å². The number of benzene rings is 2. The zero-order chi connectivity index (χ0) is 26.3. The molecule has 2 aromatic carbocycles. The summed E-state index contributed by atoms with van der Waals surface area (Å²) in [7, 11) is -2.39. The summed E-state index contributed by atoms with van der Waals surface area (Å²) in [5, 5.41) is 16.2. The number of aromatic nitrogens is 3. The van der Waals surface area contributed by atoms with Gasteiger partial charge in [-0.15, -0.1) is 11.3 Å². The van der Waals surface area contributed by atoms with Gasteiger partial charge in [0.2, 0.25) is 15.2 Å². The summed E-state index contributed by atoms with van der Waals surface area (Å²) in [5.74, 6) is -1.02. The number of carboxylic acid groups (broad SMARTS) is 1. The second-order valence-electron chi connectivity index (χ2n) is 8.81. The maximum atomic E-state index is 13.7. The molecular weight excluding hydrogens is 539 g/mol. The Balaban J connectivity index is 1.66. The van der Waals surface area contributed by atoms with E-state index in [1.54, 1.807) is 28.9 Å². The number of nitrogens with one attached hydrogen (secondary N) is 1. The molecule has 2 N–H and O–H groups in total. The van der Waals surface area contributed by atoms with Crippen molar-refractivity contribution in [1.29, 1.82) is 0 Å². The number of thiazole rings is 1. The average molecular weight is 561 g/mol. The standard InChI is InChI=1S/C25H22ClFN4O4S2/c1-28-37(34,35)22-9-4-15(11-19(22)26)10-18-21(12-14-2-3-14)31(25-29-20(13-36-25)24(32)33)30-23(18)16-5-7-17(27)8-6-16/h4-9,11,13-14,28H,2-3,10,12H2,1H3,(H,32,33). The van der Waals surface area contributed by atoms with Crippen molar-refractivity contribution in [3.63, 3.8) is 0 Å². The number of carboxylic acids is 1. The molecule has 1 fully saturated rings. The lowest BCUT2D eigenvalue weighted by Gasteiger charge is -2.11. The number of hydrogen-bond donors (Lipinski definition) is 2. The number of aromatic carboxylic acids is 1. The molecule has 0 saturated heterocycles. The van der Waals surface area contributed by atoms with Gasteiger partial charge in [0.1, 0.15) is 10.7 Å². The lowest BCUT2D eigenvalue weighted by molar-refractivity contribution is 0.0691. The van der Waals surface area contributed by atoms with E-state index < -0.39 is 16.0 Å². The van der Waals surface area contributed by atoms with Gasteiger partial charge in [-0.25, -0.2) is 32.0 Å². The third-order valence-electron chi connectivity index (χ3n) is 6.21. The second kappa shape index (κ2) is 9.97. The zero-order valence-electron chi connectivity index (χ0n) is 19.6. The smallest absolute Gasteiger partial charge is 0.355 e. The van der Waals surface area contributed by atoms with Crippen LogP contribution in [0.1, 0.15) is 40.2 Å². The van der Waals surface area contributed by atoms with E-state index in [0.29, 0.717) is 35.1 Å². The summed E-state index contributed by atoms with van der Waals surface area (Å²) in [6.45, 7) is 0. The molecule has 37 heavy (non-hydrogen) atoms. The summed E-state index contributed by atoms with van der Waals surface area (Å²) >= 11 is 7.54. The SMILES string of the molecule is CNS(=O)(=O)c1ccc(Cc2c(-c3ccc(F)cc3)nn(-c3nc(C(=O)O)cs3)c2CC2CC2)cc1Cl. The first-order valence-electron chi connectivity index (χ1n) is 11.4. The Morgan fingerprint density at radius 1 is 1.24 bits per heavy atom. The molecule has 4 aromatic rings. The van der Waals surface area contributed by atoms with Gasteiger partial charge in [0.25, 0.3) is 0 Å². The van der Waals surface area contributed by atoms with Crippen molar-refractivity contribution < 1.29 is 22.7 Å². The number of nitrogens with zero attached hydrogens (tertiary/aromatic N) is 3. The number of rotatable bonds is 9. The fourth-order valence-corrected chi connectivity index (χ4v) is 6.18. The molecule has 192 valence electrons. The van der Waals surface area contributed by atoms with Crippen LogP contribution in [0.3, 0.4) is 0 Å². The van der Waals surface area contributed by atoms with E-state index in [1.165, 1.54) is 42.0 Å². The van der Waals surface area contributed by atoms with E-state index in [9.17, 15) is 22.7 Å². The first kappa shape index (κ1) is 25.5. The van der Waals surface area contributed by atoms with Gasteiger partial charge in [-0.2, -0.15) is 5.10 Å². The van der Waals surface area contributed by atoms with Crippen LogP contribution in [-0.4, -0.2) is 41.3 Å². The predicted octanol–water partition coefficient (Wildman–Crippen LogP) is 4.94. The van der Waals surface area contributed by atoms with Gasteiger partial charge in [-0.05, 0) is 74.2 Å². The highest BCUT2D eigenvalue weighted by molar-refractivity contribution is 7.89. The van der Waals surface area contributed by atoms with Crippen molar-refractivity contribution in [3.05, 3.63) is 81.2 Å². The van der Waals surface area contributed by atoms with E-state index in [1.807, 2.05) is 0 Å². The van der Waals surface area contributed by atoms with Crippen LogP contribution < -0.4 is 4.72 Å². The molecule has 0 bridgehead atoms. The third kappa shape index (κ3) is 5.30. The van der Waals surface area contributed by atoms with Crippen molar-refractivity contribution in [3.8, 4) is 16.4 Å². The van der Waals surface area contributed by atoms with Crippen LogP contribution in [-0.2, 0) is 22.9 Å². The quantitative estimate of drug-likeness (QED) is 0.300. The van der Waals surface area contributed by atoms with Crippen molar-refractivity contribution in [2.45, 2.75) is 30.6 Å². The molecule has 12 heteroatoms. The molecule has 0 radical (unpaired) electrons. The molecular formula is C25H22ClFN4O4S2. The fraction of sp³-hybridized carbons (Fsp3) is 0.240. The normalized spacial score (nSPS) is 13.7. The zero-order valence-corrected chi connectivity index (χ0v) is 22.0. The highest BCUT2D eigenvalue weighted by atomic mass is 35.5. The van der Waals surface area contributed by atoms with E-state index in [2.05, 4.69) is 9.71 Å². The van der Waals surface area contributed by atoms with Gasteiger partial charge in [-0.1, -0.05) is 17.7 Å². The monoisotopic (exact) mass is 560 g/mol. The number of sulfonamides is 1.